The molecule has 1 aliphatic rings. The molecule has 2 rings (SSSR count). The minimum absolute atomic E-state index is 0.0560. The van der Waals surface area contributed by atoms with Gasteiger partial charge in [0, 0.05) is 31.2 Å². The van der Waals surface area contributed by atoms with E-state index in [2.05, 4.69) is 5.32 Å². The largest absolute Gasteiger partial charge is 0.497 e. The number of carbonyl (C=O) groups excluding carboxylic acids is 2. The Kier molecular flexibility index (Phi) is 5.78. The number of amides is 2. The van der Waals surface area contributed by atoms with Gasteiger partial charge < -0.3 is 25.4 Å². The number of hydrogen-bond acceptors (Lipinski definition) is 5. The van der Waals surface area contributed by atoms with Gasteiger partial charge in [0.2, 0.25) is 11.8 Å². The van der Waals surface area contributed by atoms with Crippen LogP contribution in [0.25, 0.3) is 0 Å². The average Bonchev–Trinajstić information content (AvgIpc) is 3.01. The number of hydrogen-bond donors (Lipinski definition) is 2. The number of rotatable bonds is 7. The Morgan fingerprint density at radius 2 is 1.92 bits per heavy atom. The summed E-state index contributed by atoms with van der Waals surface area (Å²) in [6.07, 6.45) is -0.0560. The predicted molar refractivity (Wildman–Crippen MR) is 87.0 cm³/mol. The van der Waals surface area contributed by atoms with E-state index in [1.165, 1.54) is 19.1 Å². The SMILES string of the molecule is COc1cc(OC)cc(N2CC(C(=O)NCC(F)(F)CN)CC2=O)c1. The number of carbonyl (C=O) groups is 2. The van der Waals surface area contributed by atoms with E-state index in [1.807, 2.05) is 0 Å². The minimum atomic E-state index is -3.17. The number of alkyl halides is 2. The van der Waals surface area contributed by atoms with Crippen molar-refractivity contribution in [1.29, 1.82) is 0 Å². The van der Waals surface area contributed by atoms with Crippen LogP contribution in [-0.2, 0) is 9.59 Å². The first-order valence-electron chi connectivity index (χ1n) is 7.68. The average molecular weight is 357 g/mol. The summed E-state index contributed by atoms with van der Waals surface area (Å²) in [4.78, 5) is 25.7. The van der Waals surface area contributed by atoms with Gasteiger partial charge in [-0.05, 0) is 0 Å². The third kappa shape index (κ3) is 4.56. The number of halogens is 2. The first-order valence-corrected chi connectivity index (χ1v) is 7.68. The van der Waals surface area contributed by atoms with Gasteiger partial charge in [-0.3, -0.25) is 9.59 Å². The molecule has 0 saturated carbocycles. The van der Waals surface area contributed by atoms with Crippen LogP contribution in [0, 0.1) is 5.92 Å². The number of nitrogens with one attached hydrogen (secondary N) is 1. The molecule has 1 heterocycles. The normalized spacial score (nSPS) is 17.6. The summed E-state index contributed by atoms with van der Waals surface area (Å²) in [5.41, 5.74) is 5.45. The van der Waals surface area contributed by atoms with Crippen molar-refractivity contribution < 1.29 is 27.8 Å². The van der Waals surface area contributed by atoms with Crippen molar-refractivity contribution in [2.45, 2.75) is 12.3 Å². The molecule has 1 aromatic carbocycles. The highest BCUT2D eigenvalue weighted by Crippen LogP contribution is 2.32. The Labute approximate surface area is 144 Å². The van der Waals surface area contributed by atoms with Gasteiger partial charge in [-0.25, -0.2) is 8.78 Å². The van der Waals surface area contributed by atoms with Gasteiger partial charge in [-0.15, -0.1) is 0 Å². The molecule has 1 saturated heterocycles. The molecular formula is C16H21F2N3O4. The van der Waals surface area contributed by atoms with Crippen LogP contribution < -0.4 is 25.4 Å². The van der Waals surface area contributed by atoms with E-state index in [-0.39, 0.29) is 18.9 Å². The first-order chi connectivity index (χ1) is 11.8. The maximum absolute atomic E-state index is 13.1. The summed E-state index contributed by atoms with van der Waals surface area (Å²) in [5.74, 6) is -3.76. The highest BCUT2D eigenvalue weighted by molar-refractivity contribution is 6.00. The maximum Gasteiger partial charge on any atom is 0.277 e. The lowest BCUT2D eigenvalue weighted by Crippen LogP contribution is -2.44. The molecule has 0 bridgehead atoms. The molecule has 1 atom stereocenters. The molecule has 0 aromatic heterocycles. The summed E-state index contributed by atoms with van der Waals surface area (Å²) < 4.78 is 36.6. The zero-order chi connectivity index (χ0) is 18.6. The zero-order valence-corrected chi connectivity index (χ0v) is 14.1. The number of benzene rings is 1. The summed E-state index contributed by atoms with van der Waals surface area (Å²) in [7, 11) is 2.97. The van der Waals surface area contributed by atoms with Crippen LogP contribution in [0.2, 0.25) is 0 Å². The second-order valence-corrected chi connectivity index (χ2v) is 5.75. The monoisotopic (exact) mass is 357 g/mol. The van der Waals surface area contributed by atoms with E-state index in [9.17, 15) is 18.4 Å². The van der Waals surface area contributed by atoms with Gasteiger partial charge in [-0.2, -0.15) is 0 Å². The smallest absolute Gasteiger partial charge is 0.277 e. The first kappa shape index (κ1) is 18.9. The van der Waals surface area contributed by atoms with Crippen LogP contribution in [0.15, 0.2) is 18.2 Å². The Hall–Kier alpha value is -2.42. The Bertz CT molecular complexity index is 632. The molecule has 7 nitrogen and oxygen atoms in total. The quantitative estimate of drug-likeness (QED) is 0.752. The van der Waals surface area contributed by atoms with Gasteiger partial charge >= 0.3 is 0 Å². The van der Waals surface area contributed by atoms with Crippen molar-refractivity contribution in [1.82, 2.24) is 5.32 Å². The molecule has 1 fully saturated rings. The lowest BCUT2D eigenvalue weighted by atomic mass is 10.1. The zero-order valence-electron chi connectivity index (χ0n) is 14.1. The molecule has 25 heavy (non-hydrogen) atoms. The summed E-state index contributed by atoms with van der Waals surface area (Å²) in [5, 5.41) is 2.16. The summed E-state index contributed by atoms with van der Waals surface area (Å²) in [6.45, 7) is -1.61. The van der Waals surface area contributed by atoms with E-state index >= 15 is 0 Å². The molecule has 2 amide bonds. The molecule has 1 aliphatic heterocycles. The van der Waals surface area contributed by atoms with Crippen molar-refractivity contribution in [2.24, 2.45) is 11.7 Å². The van der Waals surface area contributed by atoms with Gasteiger partial charge in [0.15, 0.2) is 0 Å². The van der Waals surface area contributed by atoms with E-state index in [1.54, 1.807) is 18.2 Å². The van der Waals surface area contributed by atoms with Gasteiger partial charge in [-0.1, -0.05) is 0 Å². The third-order valence-electron chi connectivity index (χ3n) is 3.96. The molecule has 138 valence electrons. The Balaban J connectivity index is 2.08. The number of nitrogens with two attached hydrogens (primary N) is 1. The predicted octanol–water partition coefficient (Wildman–Crippen LogP) is 0.767. The fraction of sp³-hybridized carbons (Fsp3) is 0.500. The van der Waals surface area contributed by atoms with Crippen molar-refractivity contribution in [3.63, 3.8) is 0 Å². The fourth-order valence-electron chi connectivity index (χ4n) is 2.51. The van der Waals surface area contributed by atoms with E-state index in [0.29, 0.717) is 17.2 Å². The van der Waals surface area contributed by atoms with Crippen molar-refractivity contribution >= 4 is 17.5 Å². The number of nitrogens with zero attached hydrogens (tertiary/aromatic N) is 1. The fourth-order valence-corrected chi connectivity index (χ4v) is 2.51. The number of ether oxygens (including phenoxy) is 2. The minimum Gasteiger partial charge on any atom is -0.497 e. The van der Waals surface area contributed by atoms with E-state index in [0.717, 1.165) is 0 Å². The molecule has 0 radical (unpaired) electrons. The molecule has 0 aliphatic carbocycles. The van der Waals surface area contributed by atoms with Gasteiger partial charge in [0.25, 0.3) is 5.92 Å². The van der Waals surface area contributed by atoms with Crippen LogP contribution in [0.1, 0.15) is 6.42 Å². The lowest BCUT2D eigenvalue weighted by Gasteiger charge is -2.19. The summed E-state index contributed by atoms with van der Waals surface area (Å²) in [6, 6.07) is 4.94. The van der Waals surface area contributed by atoms with Crippen LogP contribution in [-0.4, -0.2) is 51.6 Å². The molecule has 9 heteroatoms. The highest BCUT2D eigenvalue weighted by Gasteiger charge is 2.37. The molecular weight excluding hydrogens is 336 g/mol. The van der Waals surface area contributed by atoms with Gasteiger partial charge in [0.05, 0.1) is 38.9 Å². The number of methoxy groups -OCH3 is 2. The maximum atomic E-state index is 13.1. The van der Waals surface area contributed by atoms with Crippen LogP contribution >= 0.6 is 0 Å². The summed E-state index contributed by atoms with van der Waals surface area (Å²) >= 11 is 0. The molecule has 0 spiro atoms. The number of anilines is 1. The van der Waals surface area contributed by atoms with E-state index < -0.39 is 30.8 Å². The lowest BCUT2D eigenvalue weighted by molar-refractivity contribution is -0.127. The third-order valence-corrected chi connectivity index (χ3v) is 3.96. The second-order valence-electron chi connectivity index (χ2n) is 5.75. The highest BCUT2D eigenvalue weighted by atomic mass is 19.3. The molecule has 3 N–H and O–H groups in total. The van der Waals surface area contributed by atoms with Crippen LogP contribution in [0.4, 0.5) is 14.5 Å². The topological polar surface area (TPSA) is 93.9 Å². The van der Waals surface area contributed by atoms with Crippen LogP contribution in [0.5, 0.6) is 11.5 Å². The second kappa shape index (κ2) is 7.64. The van der Waals surface area contributed by atoms with Crippen molar-refractivity contribution in [2.75, 3.05) is 38.8 Å². The standard InChI is InChI=1S/C16H21F2N3O4/c1-24-12-4-11(5-13(6-12)25-2)21-7-10(3-14(21)22)15(23)20-9-16(17,18)8-19/h4-6,10H,3,7-9,19H2,1-2H3,(H,20,23). The molecule has 1 aromatic rings. The van der Waals surface area contributed by atoms with Gasteiger partial charge in [0.1, 0.15) is 11.5 Å². The van der Waals surface area contributed by atoms with Crippen molar-refractivity contribution in [3.05, 3.63) is 18.2 Å². The Morgan fingerprint density at radius 3 is 2.44 bits per heavy atom. The molecule has 1 unspecified atom stereocenters. The van der Waals surface area contributed by atoms with Crippen molar-refractivity contribution in [3.8, 4) is 11.5 Å². The van der Waals surface area contributed by atoms with Crippen LogP contribution in [0.3, 0.4) is 0 Å². The Morgan fingerprint density at radius 1 is 1.32 bits per heavy atom. The van der Waals surface area contributed by atoms with E-state index in [4.69, 9.17) is 15.2 Å².